The van der Waals surface area contributed by atoms with Gasteiger partial charge < -0.3 is 9.55 Å². The van der Waals surface area contributed by atoms with E-state index in [0.29, 0.717) is 29.2 Å². The molecule has 0 aliphatic carbocycles. The van der Waals surface area contributed by atoms with Gasteiger partial charge in [0.2, 0.25) is 0 Å². The molecular formula is C24H16ClFN6O. The fraction of sp³-hybridized carbons (Fsp3) is 0.0833. The van der Waals surface area contributed by atoms with Crippen molar-refractivity contribution in [3.63, 3.8) is 0 Å². The SMILES string of the molecule is O=c1c2nnc3c(-c4ccc(Cl)cc4)cnn3c2ccn1CCc1c[nH]c2ccc(F)cc12. The van der Waals surface area contributed by atoms with Gasteiger partial charge in [-0.3, -0.25) is 4.79 Å². The Bertz CT molecular complexity index is 1720. The van der Waals surface area contributed by atoms with E-state index in [0.717, 1.165) is 27.6 Å². The normalized spacial score (nSPS) is 11.7. The van der Waals surface area contributed by atoms with Gasteiger partial charge >= 0.3 is 0 Å². The van der Waals surface area contributed by atoms with Gasteiger partial charge in [0, 0.05) is 40.4 Å². The topological polar surface area (TPSA) is 80.9 Å². The van der Waals surface area contributed by atoms with Crippen LogP contribution in [0.4, 0.5) is 4.39 Å². The van der Waals surface area contributed by atoms with Crippen molar-refractivity contribution in [1.82, 2.24) is 29.4 Å². The molecule has 0 bridgehead atoms. The molecule has 0 aliphatic rings. The van der Waals surface area contributed by atoms with Gasteiger partial charge in [-0.15, -0.1) is 10.2 Å². The number of rotatable bonds is 4. The molecule has 9 heteroatoms. The average molecular weight is 459 g/mol. The van der Waals surface area contributed by atoms with Crippen LogP contribution >= 0.6 is 11.6 Å². The van der Waals surface area contributed by atoms with Crippen molar-refractivity contribution in [1.29, 1.82) is 0 Å². The molecule has 0 atom stereocenters. The number of benzene rings is 2. The van der Waals surface area contributed by atoms with Crippen molar-refractivity contribution in [2.24, 2.45) is 0 Å². The van der Waals surface area contributed by atoms with Gasteiger partial charge in [0.25, 0.3) is 5.56 Å². The number of aromatic nitrogens is 6. The monoisotopic (exact) mass is 458 g/mol. The molecule has 1 N–H and O–H groups in total. The lowest BCUT2D eigenvalue weighted by atomic mass is 10.1. The number of nitrogens with one attached hydrogen (secondary N) is 1. The van der Waals surface area contributed by atoms with E-state index in [-0.39, 0.29) is 16.9 Å². The van der Waals surface area contributed by atoms with E-state index in [1.165, 1.54) is 12.1 Å². The third-order valence-electron chi connectivity index (χ3n) is 5.84. The molecule has 0 saturated carbocycles. The summed E-state index contributed by atoms with van der Waals surface area (Å²) in [6.07, 6.45) is 5.84. The third-order valence-corrected chi connectivity index (χ3v) is 6.09. The molecule has 33 heavy (non-hydrogen) atoms. The standard InChI is InChI=1S/C24H16ClFN6O/c25-16-3-1-14(2-4-16)19-13-28-32-21-8-10-31(24(33)22(21)29-30-23(19)32)9-7-15-12-27-20-6-5-17(26)11-18(15)20/h1-6,8,10-13,27H,7,9H2. The molecule has 0 radical (unpaired) electrons. The number of pyridine rings is 1. The van der Waals surface area contributed by atoms with Crippen LogP contribution < -0.4 is 5.56 Å². The minimum absolute atomic E-state index is 0.237. The fourth-order valence-electron chi connectivity index (χ4n) is 4.14. The van der Waals surface area contributed by atoms with E-state index in [4.69, 9.17) is 11.6 Å². The average Bonchev–Trinajstić information content (AvgIpc) is 3.43. The second-order valence-electron chi connectivity index (χ2n) is 7.80. The number of hydrogen-bond donors (Lipinski definition) is 1. The van der Waals surface area contributed by atoms with Gasteiger partial charge in [0.1, 0.15) is 11.3 Å². The molecular weight excluding hydrogens is 443 g/mol. The zero-order chi connectivity index (χ0) is 22.5. The van der Waals surface area contributed by atoms with Crippen molar-refractivity contribution in [3.8, 4) is 11.1 Å². The summed E-state index contributed by atoms with van der Waals surface area (Å²) in [5.74, 6) is -0.289. The number of nitrogens with zero attached hydrogens (tertiary/aromatic N) is 5. The second-order valence-corrected chi connectivity index (χ2v) is 8.24. The maximum absolute atomic E-state index is 13.7. The van der Waals surface area contributed by atoms with E-state index in [9.17, 15) is 9.18 Å². The van der Waals surface area contributed by atoms with Crippen LogP contribution in [0.1, 0.15) is 5.56 Å². The highest BCUT2D eigenvalue weighted by atomic mass is 35.5. The zero-order valence-electron chi connectivity index (χ0n) is 17.2. The van der Waals surface area contributed by atoms with Crippen LogP contribution in [-0.4, -0.2) is 29.4 Å². The minimum Gasteiger partial charge on any atom is -0.361 e. The Morgan fingerprint density at radius 3 is 2.76 bits per heavy atom. The van der Waals surface area contributed by atoms with Gasteiger partial charge in [-0.2, -0.15) is 5.10 Å². The van der Waals surface area contributed by atoms with E-state index < -0.39 is 0 Å². The predicted octanol–water partition coefficient (Wildman–Crippen LogP) is 4.62. The molecule has 6 rings (SSSR count). The number of hydrogen-bond acceptors (Lipinski definition) is 4. The predicted molar refractivity (Wildman–Crippen MR) is 125 cm³/mol. The van der Waals surface area contributed by atoms with Crippen LogP contribution in [0.15, 0.2) is 71.9 Å². The van der Waals surface area contributed by atoms with Gasteiger partial charge in [-0.05, 0) is 53.9 Å². The third kappa shape index (κ3) is 3.27. The number of halogens is 2. The summed E-state index contributed by atoms with van der Waals surface area (Å²) in [6, 6.07) is 13.8. The van der Waals surface area contributed by atoms with Crippen molar-refractivity contribution in [2.45, 2.75) is 13.0 Å². The van der Waals surface area contributed by atoms with Crippen LogP contribution in [0, 0.1) is 5.82 Å². The van der Waals surface area contributed by atoms with Gasteiger partial charge in [-0.25, -0.2) is 8.91 Å². The molecule has 162 valence electrons. The lowest BCUT2D eigenvalue weighted by Crippen LogP contribution is -2.22. The lowest BCUT2D eigenvalue weighted by molar-refractivity contribution is 0.629. The molecule has 4 heterocycles. The van der Waals surface area contributed by atoms with Crippen LogP contribution in [0.2, 0.25) is 5.02 Å². The molecule has 0 saturated heterocycles. The van der Waals surface area contributed by atoms with Gasteiger partial charge in [0.05, 0.1) is 6.20 Å². The van der Waals surface area contributed by atoms with E-state index in [1.54, 1.807) is 39.7 Å². The first-order valence-electron chi connectivity index (χ1n) is 10.3. The van der Waals surface area contributed by atoms with Crippen molar-refractivity contribution >= 4 is 39.2 Å². The zero-order valence-corrected chi connectivity index (χ0v) is 17.9. The number of fused-ring (bicyclic) bond motifs is 4. The van der Waals surface area contributed by atoms with Crippen molar-refractivity contribution < 1.29 is 4.39 Å². The number of H-pyrrole nitrogens is 1. The molecule has 0 aliphatic heterocycles. The molecule has 0 spiro atoms. The molecule has 7 nitrogen and oxygen atoms in total. The maximum Gasteiger partial charge on any atom is 0.280 e. The highest BCUT2D eigenvalue weighted by Crippen LogP contribution is 2.26. The maximum atomic E-state index is 13.7. The highest BCUT2D eigenvalue weighted by molar-refractivity contribution is 6.30. The summed E-state index contributed by atoms with van der Waals surface area (Å²) >= 11 is 5.99. The first kappa shape index (κ1) is 19.6. The minimum atomic E-state index is -0.289. The van der Waals surface area contributed by atoms with Gasteiger partial charge in [-0.1, -0.05) is 23.7 Å². The van der Waals surface area contributed by atoms with E-state index in [2.05, 4.69) is 20.3 Å². The summed E-state index contributed by atoms with van der Waals surface area (Å²) in [6.45, 7) is 0.424. The first-order chi connectivity index (χ1) is 16.1. The summed E-state index contributed by atoms with van der Waals surface area (Å²) in [7, 11) is 0. The van der Waals surface area contributed by atoms with Crippen molar-refractivity contribution in [2.75, 3.05) is 0 Å². The van der Waals surface area contributed by atoms with Crippen LogP contribution in [-0.2, 0) is 13.0 Å². The molecule has 6 aromatic rings. The Morgan fingerprint density at radius 1 is 1.06 bits per heavy atom. The fourth-order valence-corrected chi connectivity index (χ4v) is 4.26. The van der Waals surface area contributed by atoms with Crippen LogP contribution in [0.25, 0.3) is 38.7 Å². The molecule has 0 unspecified atom stereocenters. The quantitative estimate of drug-likeness (QED) is 0.418. The van der Waals surface area contributed by atoms with E-state index >= 15 is 0 Å². The molecule has 0 amide bonds. The summed E-state index contributed by atoms with van der Waals surface area (Å²) in [4.78, 5) is 16.2. The Balaban J connectivity index is 1.37. The Labute approximate surface area is 191 Å². The smallest absolute Gasteiger partial charge is 0.280 e. The number of aryl methyl sites for hydroxylation is 2. The van der Waals surface area contributed by atoms with Crippen LogP contribution in [0.5, 0.6) is 0 Å². The van der Waals surface area contributed by atoms with Crippen LogP contribution in [0.3, 0.4) is 0 Å². The second kappa shape index (κ2) is 7.53. The highest BCUT2D eigenvalue weighted by Gasteiger charge is 2.15. The summed E-state index contributed by atoms with van der Waals surface area (Å²) < 4.78 is 16.9. The largest absolute Gasteiger partial charge is 0.361 e. The molecule has 0 fully saturated rings. The van der Waals surface area contributed by atoms with Gasteiger partial charge in [0.15, 0.2) is 11.2 Å². The van der Waals surface area contributed by atoms with Crippen molar-refractivity contribution in [3.05, 3.63) is 93.9 Å². The summed E-state index contributed by atoms with van der Waals surface area (Å²) in [5, 5.41) is 14.4. The first-order valence-corrected chi connectivity index (χ1v) is 10.7. The Morgan fingerprint density at radius 2 is 1.91 bits per heavy atom. The summed E-state index contributed by atoms with van der Waals surface area (Å²) in [5.41, 5.74) is 4.64. The Kier molecular flexibility index (Phi) is 4.48. The number of aromatic amines is 1. The molecule has 2 aromatic carbocycles. The molecule has 4 aromatic heterocycles. The van der Waals surface area contributed by atoms with E-state index in [1.807, 2.05) is 24.4 Å². The Hall–Kier alpha value is -4.04. The lowest BCUT2D eigenvalue weighted by Gasteiger charge is -2.07.